The molecule has 0 bridgehead atoms. The average Bonchev–Trinajstić information content (AvgIpc) is 3.12. The zero-order valence-corrected chi connectivity index (χ0v) is 35.1. The molecule has 0 spiro atoms. The largest absolute Gasteiger partial charge is 0.472 e. The van der Waals surface area contributed by atoms with Crippen LogP contribution in [0.4, 0.5) is 0 Å². The Kier molecular flexibility index (Phi) is 36.8. The summed E-state index contributed by atoms with van der Waals surface area (Å²) in [6.07, 6.45) is 41.6. The molecule has 0 aliphatic carbocycles. The Morgan fingerprint density at radius 3 is 1.60 bits per heavy atom. The van der Waals surface area contributed by atoms with E-state index in [1.165, 1.54) is 70.6 Å². The van der Waals surface area contributed by atoms with E-state index in [4.69, 9.17) is 18.5 Å². The molecule has 0 saturated carbocycles. The average molecular weight is 768 g/mol. The predicted octanol–water partition coefficient (Wildman–Crippen LogP) is 11.8. The van der Waals surface area contributed by atoms with Gasteiger partial charge in [-0.2, -0.15) is 0 Å². The Bertz CT molecular complexity index is 1030. The van der Waals surface area contributed by atoms with Crippen molar-refractivity contribution >= 4 is 19.8 Å². The quantitative estimate of drug-likeness (QED) is 0.0284. The van der Waals surface area contributed by atoms with Gasteiger partial charge in [0, 0.05) is 19.4 Å². The van der Waals surface area contributed by atoms with Crippen LogP contribution in [0.1, 0.15) is 168 Å². The summed E-state index contributed by atoms with van der Waals surface area (Å²) >= 11 is 0. The standard InChI is InChI=1S/C43H78NO8P/c1-5-7-9-11-13-15-17-19-20-21-22-24-26-28-30-32-34-36-43(46)52-41(40-51-53(47,48)50-38-37-44(3)4)39-49-42(45)35-33-31-29-27-25-23-18-16-14-12-10-8-6-2/h16,18-20,22,24,28,30,41H,5-15,17,21,23,25-27,29,31-40H2,1-4H3,(H,47,48)/b18-16-,20-19-,24-22-,30-28-. The molecule has 2 unspecified atom stereocenters. The fraction of sp³-hybridized carbons (Fsp3) is 0.767. The van der Waals surface area contributed by atoms with Gasteiger partial charge >= 0.3 is 19.8 Å². The van der Waals surface area contributed by atoms with Crippen LogP contribution in [0.5, 0.6) is 0 Å². The van der Waals surface area contributed by atoms with E-state index < -0.39 is 32.5 Å². The van der Waals surface area contributed by atoms with E-state index in [9.17, 15) is 19.0 Å². The maximum Gasteiger partial charge on any atom is 0.472 e. The third-order valence-corrected chi connectivity index (χ3v) is 9.59. The zero-order valence-electron chi connectivity index (χ0n) is 34.2. The second-order valence-electron chi connectivity index (χ2n) is 14.2. The van der Waals surface area contributed by atoms with Crippen molar-refractivity contribution in [3.63, 3.8) is 0 Å². The molecule has 0 fully saturated rings. The highest BCUT2D eigenvalue weighted by atomic mass is 31.2. The minimum absolute atomic E-state index is 0.00426. The van der Waals surface area contributed by atoms with Gasteiger partial charge in [-0.15, -0.1) is 0 Å². The van der Waals surface area contributed by atoms with Crippen molar-refractivity contribution in [3.05, 3.63) is 48.6 Å². The summed E-state index contributed by atoms with van der Waals surface area (Å²) in [4.78, 5) is 36.9. The van der Waals surface area contributed by atoms with Crippen LogP contribution < -0.4 is 0 Å². The highest BCUT2D eigenvalue weighted by Gasteiger charge is 2.26. The number of hydrogen-bond donors (Lipinski definition) is 1. The lowest BCUT2D eigenvalue weighted by Gasteiger charge is -2.20. The number of likely N-dealkylation sites (N-methyl/N-ethyl adjacent to an activating group) is 1. The minimum Gasteiger partial charge on any atom is -0.462 e. The summed E-state index contributed by atoms with van der Waals surface area (Å²) in [6.45, 7) is 4.22. The SMILES string of the molecule is CCCCCC/C=C\CCCCCCCC(=O)OCC(COP(=O)(O)OCCN(C)C)OC(=O)CCC/C=C\C/C=C\C/C=C\CCCCCCCC. The number of phosphoric acid groups is 1. The summed E-state index contributed by atoms with van der Waals surface area (Å²) in [7, 11) is -0.742. The van der Waals surface area contributed by atoms with Crippen LogP contribution in [0, 0.1) is 0 Å². The van der Waals surface area contributed by atoms with E-state index in [1.807, 2.05) is 19.0 Å². The number of rotatable bonds is 38. The highest BCUT2D eigenvalue weighted by Crippen LogP contribution is 2.43. The van der Waals surface area contributed by atoms with Crippen LogP contribution in [-0.2, 0) is 32.7 Å². The van der Waals surface area contributed by atoms with Crippen LogP contribution >= 0.6 is 7.82 Å². The molecule has 2 atom stereocenters. The van der Waals surface area contributed by atoms with E-state index in [-0.39, 0.29) is 26.1 Å². The third-order valence-electron chi connectivity index (χ3n) is 8.61. The first-order chi connectivity index (χ1) is 25.7. The number of carbonyl (C=O) groups excluding carboxylic acids is 2. The molecule has 0 aliphatic heterocycles. The summed E-state index contributed by atoms with van der Waals surface area (Å²) in [5, 5.41) is 0. The van der Waals surface area contributed by atoms with Gasteiger partial charge in [-0.1, -0.05) is 133 Å². The topological polar surface area (TPSA) is 112 Å². The molecule has 53 heavy (non-hydrogen) atoms. The van der Waals surface area contributed by atoms with Gasteiger partial charge in [0.05, 0.1) is 13.2 Å². The minimum atomic E-state index is -4.37. The second kappa shape index (κ2) is 38.3. The molecule has 1 N–H and O–H groups in total. The number of unbranched alkanes of at least 4 members (excludes halogenated alkanes) is 16. The summed E-state index contributed by atoms with van der Waals surface area (Å²) < 4.78 is 33.3. The van der Waals surface area contributed by atoms with Crippen LogP contribution in [0.3, 0.4) is 0 Å². The first-order valence-electron chi connectivity index (χ1n) is 20.9. The number of allylic oxidation sites excluding steroid dienone is 8. The molecule has 0 aromatic heterocycles. The van der Waals surface area contributed by atoms with Crippen molar-refractivity contribution in [2.24, 2.45) is 0 Å². The van der Waals surface area contributed by atoms with E-state index in [1.54, 1.807) is 0 Å². The second-order valence-corrected chi connectivity index (χ2v) is 15.6. The van der Waals surface area contributed by atoms with Gasteiger partial charge in [0.1, 0.15) is 6.61 Å². The van der Waals surface area contributed by atoms with Gasteiger partial charge in [0.15, 0.2) is 6.10 Å². The first kappa shape index (κ1) is 51.0. The smallest absolute Gasteiger partial charge is 0.462 e. The molecule has 0 aromatic carbocycles. The van der Waals surface area contributed by atoms with Crippen LogP contribution in [-0.4, -0.2) is 68.3 Å². The Morgan fingerprint density at radius 1 is 0.585 bits per heavy atom. The van der Waals surface area contributed by atoms with Crippen LogP contribution in [0.2, 0.25) is 0 Å². The third kappa shape index (κ3) is 39.5. The molecule has 0 heterocycles. The molecule has 308 valence electrons. The van der Waals surface area contributed by atoms with Gasteiger partial charge < -0.3 is 19.3 Å². The maximum absolute atomic E-state index is 12.6. The maximum atomic E-state index is 12.6. The Hall–Kier alpha value is -2.03. The molecular weight excluding hydrogens is 689 g/mol. The molecule has 0 rings (SSSR count). The van der Waals surface area contributed by atoms with Gasteiger partial charge in [-0.3, -0.25) is 18.6 Å². The van der Waals surface area contributed by atoms with Crippen molar-refractivity contribution in [1.29, 1.82) is 0 Å². The van der Waals surface area contributed by atoms with Crippen LogP contribution in [0.15, 0.2) is 48.6 Å². The Labute approximate surface area is 324 Å². The molecule has 0 aliphatic rings. The fourth-order valence-electron chi connectivity index (χ4n) is 5.34. The van der Waals surface area contributed by atoms with Crippen molar-refractivity contribution < 1.29 is 37.6 Å². The summed E-state index contributed by atoms with van der Waals surface area (Å²) in [5.41, 5.74) is 0. The van der Waals surface area contributed by atoms with Gasteiger partial charge in [0.25, 0.3) is 0 Å². The number of nitrogens with zero attached hydrogens (tertiary/aromatic N) is 1. The summed E-state index contributed by atoms with van der Waals surface area (Å²) in [6, 6.07) is 0. The fourth-order valence-corrected chi connectivity index (χ4v) is 6.08. The van der Waals surface area contributed by atoms with E-state index in [0.29, 0.717) is 13.0 Å². The number of ether oxygens (including phenoxy) is 2. The van der Waals surface area contributed by atoms with Gasteiger partial charge in [-0.25, -0.2) is 4.57 Å². The lowest BCUT2D eigenvalue weighted by Crippen LogP contribution is -2.29. The number of hydrogen-bond acceptors (Lipinski definition) is 8. The van der Waals surface area contributed by atoms with Crippen molar-refractivity contribution in [2.75, 3.05) is 40.5 Å². The number of esters is 2. The molecule has 0 amide bonds. The van der Waals surface area contributed by atoms with Gasteiger partial charge in [-0.05, 0) is 84.7 Å². The van der Waals surface area contributed by atoms with Crippen molar-refractivity contribution in [1.82, 2.24) is 4.90 Å². The zero-order chi connectivity index (χ0) is 39.1. The lowest BCUT2D eigenvalue weighted by atomic mass is 10.1. The molecule has 0 radical (unpaired) electrons. The number of phosphoric ester groups is 1. The van der Waals surface area contributed by atoms with Crippen LogP contribution in [0.25, 0.3) is 0 Å². The van der Waals surface area contributed by atoms with E-state index >= 15 is 0 Å². The molecule has 10 heteroatoms. The Morgan fingerprint density at radius 2 is 1.04 bits per heavy atom. The van der Waals surface area contributed by atoms with E-state index in [2.05, 4.69) is 62.5 Å². The predicted molar refractivity (Wildman–Crippen MR) is 220 cm³/mol. The van der Waals surface area contributed by atoms with Crippen molar-refractivity contribution in [3.8, 4) is 0 Å². The first-order valence-corrected chi connectivity index (χ1v) is 22.4. The normalized spacial score (nSPS) is 13.9. The number of carbonyl (C=O) groups is 2. The lowest BCUT2D eigenvalue weighted by molar-refractivity contribution is -0.161. The molecule has 9 nitrogen and oxygen atoms in total. The van der Waals surface area contributed by atoms with E-state index in [0.717, 1.165) is 64.2 Å². The summed E-state index contributed by atoms with van der Waals surface area (Å²) in [5.74, 6) is -0.877. The van der Waals surface area contributed by atoms with Gasteiger partial charge in [0.2, 0.25) is 0 Å². The molecule has 0 aromatic rings. The molecule has 0 saturated heterocycles. The Balaban J connectivity index is 4.43. The molecular formula is C43H78NO8P. The highest BCUT2D eigenvalue weighted by molar-refractivity contribution is 7.47. The van der Waals surface area contributed by atoms with Crippen molar-refractivity contribution in [2.45, 2.75) is 174 Å². The monoisotopic (exact) mass is 768 g/mol.